The van der Waals surface area contributed by atoms with E-state index in [1.165, 1.54) is 56.9 Å². The Morgan fingerprint density at radius 3 is 2.26 bits per heavy atom. The minimum Gasteiger partial charge on any atom is -0.368 e. The number of nitrogen functional groups attached to an aromatic ring is 1. The molecule has 0 radical (unpaired) electrons. The number of hydrogen-bond donors (Lipinski definition) is 3. The lowest BCUT2D eigenvalue weighted by atomic mass is 10.0. The Bertz CT molecular complexity index is 918. The molecule has 0 saturated heterocycles. The fourth-order valence-electron chi connectivity index (χ4n) is 3.17. The highest BCUT2D eigenvalue weighted by Crippen LogP contribution is 2.32. The van der Waals surface area contributed by atoms with Crippen LogP contribution in [0.4, 0.5) is 20.4 Å². The van der Waals surface area contributed by atoms with Gasteiger partial charge in [-0.15, -0.1) is 0 Å². The minimum absolute atomic E-state index is 0.100. The van der Waals surface area contributed by atoms with Crippen molar-refractivity contribution in [3.05, 3.63) is 48.2 Å². The molecular weight excluding hydrogens is 366 g/mol. The normalized spacial score (nSPS) is 13.7. The van der Waals surface area contributed by atoms with Crippen LogP contribution >= 0.6 is 12.8 Å². The van der Waals surface area contributed by atoms with E-state index in [1.807, 2.05) is 0 Å². The number of rotatable bonds is 2. The molecule has 27 heavy (non-hydrogen) atoms. The molecule has 3 N–H and O–H groups in total. The van der Waals surface area contributed by atoms with E-state index in [0.717, 1.165) is 0 Å². The van der Waals surface area contributed by atoms with E-state index in [1.54, 1.807) is 18.2 Å². The number of nitrogens with one attached hydrogen (secondary N) is 1. The quantitative estimate of drug-likeness (QED) is 0.489. The highest BCUT2D eigenvalue weighted by molar-refractivity contribution is 7.81. The molecule has 1 heterocycles. The van der Waals surface area contributed by atoms with Crippen LogP contribution in [0.5, 0.6) is 0 Å². The smallest absolute Gasteiger partial charge is 0.220 e. The summed E-state index contributed by atoms with van der Waals surface area (Å²) in [5.41, 5.74) is 6.46. The molecule has 1 aromatic heterocycles. The molecule has 0 bridgehead atoms. The fourth-order valence-corrected chi connectivity index (χ4v) is 3.34. The van der Waals surface area contributed by atoms with Crippen molar-refractivity contribution in [2.45, 2.75) is 38.5 Å². The Morgan fingerprint density at radius 2 is 1.63 bits per heavy atom. The molecule has 0 amide bonds. The van der Waals surface area contributed by atoms with E-state index < -0.39 is 11.6 Å². The fraction of sp³-hybridized carbons (Fsp3) is 0.300. The zero-order valence-electron chi connectivity index (χ0n) is 14.9. The number of halogens is 2. The summed E-state index contributed by atoms with van der Waals surface area (Å²) in [5, 5.41) is 0.643. The van der Waals surface area contributed by atoms with Gasteiger partial charge in [-0.2, -0.15) is 0 Å². The van der Waals surface area contributed by atoms with Crippen LogP contribution in [0.2, 0.25) is 0 Å². The zero-order valence-corrected chi connectivity index (χ0v) is 15.8. The van der Waals surface area contributed by atoms with Crippen molar-refractivity contribution < 1.29 is 8.78 Å². The monoisotopic (exact) mass is 388 g/mol. The van der Waals surface area contributed by atoms with Crippen molar-refractivity contribution in [3.8, 4) is 11.1 Å². The SMILES string of the molecule is C1CCCCC1.Nc1ncc2cc(-c3c(F)ccc(NS)c3F)ccc2n1. The summed E-state index contributed by atoms with van der Waals surface area (Å²) in [6.07, 6.45) is 10.5. The predicted octanol–water partition coefficient (Wildman–Crippen LogP) is 5.75. The minimum atomic E-state index is -0.708. The van der Waals surface area contributed by atoms with Crippen LogP contribution in [-0.2, 0) is 0 Å². The van der Waals surface area contributed by atoms with Crippen LogP contribution in [0.3, 0.4) is 0 Å². The molecule has 1 aliphatic carbocycles. The van der Waals surface area contributed by atoms with Crippen molar-refractivity contribution >= 4 is 35.4 Å². The Balaban J connectivity index is 0.000000299. The largest absolute Gasteiger partial charge is 0.368 e. The third kappa shape index (κ3) is 4.66. The second-order valence-corrected chi connectivity index (χ2v) is 6.74. The van der Waals surface area contributed by atoms with Crippen LogP contribution in [0.1, 0.15) is 38.5 Å². The predicted molar refractivity (Wildman–Crippen MR) is 110 cm³/mol. The number of benzene rings is 2. The Kier molecular flexibility index (Phi) is 6.45. The zero-order chi connectivity index (χ0) is 19.2. The molecule has 1 aliphatic rings. The number of thiol groups is 1. The third-order valence-corrected chi connectivity index (χ3v) is 4.84. The van der Waals surface area contributed by atoms with E-state index >= 15 is 0 Å². The molecule has 0 atom stereocenters. The van der Waals surface area contributed by atoms with E-state index in [-0.39, 0.29) is 17.2 Å². The Labute approximate surface area is 162 Å². The van der Waals surface area contributed by atoms with Gasteiger partial charge in [-0.25, -0.2) is 18.7 Å². The van der Waals surface area contributed by atoms with Gasteiger partial charge in [-0.1, -0.05) is 57.4 Å². The van der Waals surface area contributed by atoms with Gasteiger partial charge < -0.3 is 10.5 Å². The highest BCUT2D eigenvalue weighted by Gasteiger charge is 2.15. The summed E-state index contributed by atoms with van der Waals surface area (Å²) in [5.74, 6) is -1.22. The summed E-state index contributed by atoms with van der Waals surface area (Å²) >= 11 is 3.80. The van der Waals surface area contributed by atoms with Crippen molar-refractivity contribution in [1.29, 1.82) is 0 Å². The standard InChI is InChI=1S/C14H10F2N4S.C6H12/c15-9-2-4-11(20-21)13(16)12(9)7-1-3-10-8(5-7)6-18-14(17)19-10;1-2-4-6-5-3-1/h1-6,20-21H,(H2,17,18,19);1-6H2. The number of hydrogen-bond acceptors (Lipinski definition) is 5. The first kappa shape index (κ1) is 19.4. The van der Waals surface area contributed by atoms with Gasteiger partial charge >= 0.3 is 0 Å². The molecule has 0 unspecified atom stereocenters. The van der Waals surface area contributed by atoms with Gasteiger partial charge in [0.05, 0.1) is 16.8 Å². The van der Waals surface area contributed by atoms with Gasteiger partial charge in [0.1, 0.15) is 5.82 Å². The third-order valence-electron chi connectivity index (χ3n) is 4.60. The first-order valence-corrected chi connectivity index (χ1v) is 9.45. The first-order valence-electron chi connectivity index (χ1n) is 9.01. The maximum absolute atomic E-state index is 14.3. The van der Waals surface area contributed by atoms with Crippen LogP contribution in [-0.4, -0.2) is 9.97 Å². The number of anilines is 2. The lowest BCUT2D eigenvalue weighted by molar-refractivity contribution is 0.504. The molecule has 142 valence electrons. The molecule has 0 spiro atoms. The Morgan fingerprint density at radius 1 is 0.963 bits per heavy atom. The van der Waals surface area contributed by atoms with E-state index in [4.69, 9.17) is 5.73 Å². The summed E-state index contributed by atoms with van der Waals surface area (Å²) in [4.78, 5) is 7.92. The average Bonchev–Trinajstić information content (AvgIpc) is 2.70. The van der Waals surface area contributed by atoms with Gasteiger partial charge in [-0.05, 0) is 29.8 Å². The molecule has 4 rings (SSSR count). The van der Waals surface area contributed by atoms with E-state index in [2.05, 4.69) is 27.5 Å². The second kappa shape index (κ2) is 8.99. The van der Waals surface area contributed by atoms with Crippen LogP contribution < -0.4 is 10.5 Å². The summed E-state index contributed by atoms with van der Waals surface area (Å²) in [7, 11) is 0. The van der Waals surface area contributed by atoms with Crippen LogP contribution in [0.25, 0.3) is 22.0 Å². The van der Waals surface area contributed by atoms with Crippen LogP contribution in [0.15, 0.2) is 36.5 Å². The van der Waals surface area contributed by atoms with Gasteiger partial charge in [0.25, 0.3) is 0 Å². The van der Waals surface area contributed by atoms with Gasteiger partial charge in [0.2, 0.25) is 5.95 Å². The summed E-state index contributed by atoms with van der Waals surface area (Å²) in [6, 6.07) is 7.30. The number of fused-ring (bicyclic) bond motifs is 1. The topological polar surface area (TPSA) is 63.8 Å². The maximum atomic E-state index is 14.3. The number of nitrogens with two attached hydrogens (primary N) is 1. The number of nitrogens with zero attached hydrogens (tertiary/aromatic N) is 2. The van der Waals surface area contributed by atoms with Gasteiger partial charge in [-0.3, -0.25) is 0 Å². The van der Waals surface area contributed by atoms with Crippen LogP contribution in [0, 0.1) is 11.6 Å². The molecule has 7 heteroatoms. The van der Waals surface area contributed by atoms with Gasteiger partial charge in [0.15, 0.2) is 5.82 Å². The maximum Gasteiger partial charge on any atom is 0.220 e. The van der Waals surface area contributed by atoms with Crippen molar-refractivity contribution in [1.82, 2.24) is 9.97 Å². The van der Waals surface area contributed by atoms with Crippen molar-refractivity contribution in [2.24, 2.45) is 0 Å². The molecule has 4 nitrogen and oxygen atoms in total. The first-order chi connectivity index (χ1) is 13.1. The molecule has 1 saturated carbocycles. The summed E-state index contributed by atoms with van der Waals surface area (Å²) < 4.78 is 30.6. The molecular formula is C20H22F2N4S. The molecule has 0 aliphatic heterocycles. The van der Waals surface area contributed by atoms with Crippen molar-refractivity contribution in [3.63, 3.8) is 0 Å². The van der Waals surface area contributed by atoms with Gasteiger partial charge in [0, 0.05) is 11.6 Å². The van der Waals surface area contributed by atoms with E-state index in [0.29, 0.717) is 16.5 Å². The Hall–Kier alpha value is -2.41. The van der Waals surface area contributed by atoms with Crippen molar-refractivity contribution in [2.75, 3.05) is 10.5 Å². The second-order valence-electron chi connectivity index (χ2n) is 6.52. The lowest BCUT2D eigenvalue weighted by Gasteiger charge is -2.10. The highest BCUT2D eigenvalue weighted by atomic mass is 32.1. The molecule has 1 fully saturated rings. The molecule has 3 aromatic rings. The lowest BCUT2D eigenvalue weighted by Crippen LogP contribution is -1.96. The average molecular weight is 388 g/mol. The molecule has 2 aromatic carbocycles. The number of aromatic nitrogens is 2. The van der Waals surface area contributed by atoms with E-state index in [9.17, 15) is 8.78 Å². The summed E-state index contributed by atoms with van der Waals surface area (Å²) in [6.45, 7) is 0.